The van der Waals surface area contributed by atoms with E-state index in [0.29, 0.717) is 24.6 Å². The lowest BCUT2D eigenvalue weighted by Crippen LogP contribution is -2.49. The summed E-state index contributed by atoms with van der Waals surface area (Å²) in [5, 5.41) is 19.6. The first-order valence-corrected chi connectivity index (χ1v) is 11.3. The van der Waals surface area contributed by atoms with Gasteiger partial charge in [-0.25, -0.2) is 8.42 Å². The molecule has 0 radical (unpaired) electrons. The minimum Gasteiger partial charge on any atom is -0.497 e. The Hall–Kier alpha value is -3.57. The molecule has 0 unspecified atom stereocenters. The summed E-state index contributed by atoms with van der Waals surface area (Å²) in [6, 6.07) is 16.4. The van der Waals surface area contributed by atoms with Crippen molar-refractivity contribution >= 4 is 21.5 Å². The lowest BCUT2D eigenvalue weighted by atomic mass is 10.1. The molecule has 11 heteroatoms. The number of sulfonamides is 1. The van der Waals surface area contributed by atoms with Gasteiger partial charge in [-0.2, -0.15) is 4.31 Å². The molecule has 1 aliphatic rings. The molecule has 1 aliphatic heterocycles. The summed E-state index contributed by atoms with van der Waals surface area (Å²) in [5.41, 5.74) is 1.34. The van der Waals surface area contributed by atoms with Crippen molar-refractivity contribution < 1.29 is 18.1 Å². The van der Waals surface area contributed by atoms with Crippen molar-refractivity contribution in [2.75, 3.05) is 38.2 Å². The summed E-state index contributed by atoms with van der Waals surface area (Å²) in [7, 11) is -2.21. The Morgan fingerprint density at radius 2 is 1.72 bits per heavy atom. The van der Waals surface area contributed by atoms with E-state index < -0.39 is 14.9 Å². The van der Waals surface area contributed by atoms with Gasteiger partial charge in [0.05, 0.1) is 22.6 Å². The second-order valence-electron chi connectivity index (χ2n) is 7.15. The first-order chi connectivity index (χ1) is 15.4. The molecule has 2 aromatic carbocycles. The van der Waals surface area contributed by atoms with Crippen molar-refractivity contribution in [3.05, 3.63) is 70.8 Å². The molecule has 1 aromatic heterocycles. The Labute approximate surface area is 185 Å². The SMILES string of the molecule is COc1cccc(-c2ccc(N3CCN(S(=O)(=O)c4cccc([N+](=O)[O-])c4)CC3)nn2)c1. The quantitative estimate of drug-likeness (QED) is 0.411. The summed E-state index contributed by atoms with van der Waals surface area (Å²) in [4.78, 5) is 12.2. The lowest BCUT2D eigenvalue weighted by Gasteiger charge is -2.34. The van der Waals surface area contributed by atoms with Crippen LogP contribution >= 0.6 is 0 Å². The summed E-state index contributed by atoms with van der Waals surface area (Å²) >= 11 is 0. The maximum atomic E-state index is 12.9. The fourth-order valence-electron chi connectivity index (χ4n) is 3.49. The number of piperazine rings is 1. The van der Waals surface area contributed by atoms with Crippen molar-refractivity contribution in [3.8, 4) is 17.0 Å². The van der Waals surface area contributed by atoms with Crippen LogP contribution in [0.2, 0.25) is 0 Å². The highest BCUT2D eigenvalue weighted by molar-refractivity contribution is 7.89. The van der Waals surface area contributed by atoms with E-state index in [4.69, 9.17) is 4.74 Å². The molecule has 0 spiro atoms. The van der Waals surface area contributed by atoms with Gasteiger partial charge in [-0.3, -0.25) is 10.1 Å². The van der Waals surface area contributed by atoms with Crippen LogP contribution in [-0.4, -0.2) is 61.1 Å². The second kappa shape index (κ2) is 8.89. The average Bonchev–Trinajstić information content (AvgIpc) is 2.84. The smallest absolute Gasteiger partial charge is 0.270 e. The fraction of sp³-hybridized carbons (Fsp3) is 0.238. The van der Waals surface area contributed by atoms with Gasteiger partial charge in [0.2, 0.25) is 10.0 Å². The number of hydrogen-bond acceptors (Lipinski definition) is 8. The minimum atomic E-state index is -3.82. The molecule has 4 rings (SSSR count). The zero-order valence-electron chi connectivity index (χ0n) is 17.3. The summed E-state index contributed by atoms with van der Waals surface area (Å²) in [5.74, 6) is 1.39. The molecule has 166 valence electrons. The van der Waals surface area contributed by atoms with Gasteiger partial charge in [-0.05, 0) is 30.3 Å². The number of hydrogen-bond donors (Lipinski definition) is 0. The highest BCUT2D eigenvalue weighted by Gasteiger charge is 2.30. The van der Waals surface area contributed by atoms with Crippen LogP contribution in [0.3, 0.4) is 0 Å². The van der Waals surface area contributed by atoms with Crippen molar-refractivity contribution in [1.29, 1.82) is 0 Å². The first-order valence-electron chi connectivity index (χ1n) is 9.86. The lowest BCUT2D eigenvalue weighted by molar-refractivity contribution is -0.385. The highest BCUT2D eigenvalue weighted by atomic mass is 32.2. The van der Waals surface area contributed by atoms with Gasteiger partial charge in [0.1, 0.15) is 5.75 Å². The molecule has 0 amide bonds. The van der Waals surface area contributed by atoms with Gasteiger partial charge >= 0.3 is 0 Å². The van der Waals surface area contributed by atoms with E-state index in [1.165, 1.54) is 22.5 Å². The molecule has 3 aromatic rings. The van der Waals surface area contributed by atoms with Gasteiger partial charge in [0.15, 0.2) is 5.82 Å². The maximum Gasteiger partial charge on any atom is 0.270 e. The standard InChI is InChI=1S/C21H21N5O5S/c1-31-18-6-2-4-16(14-18)20-8-9-21(23-22-20)24-10-12-25(13-11-24)32(29,30)19-7-3-5-17(15-19)26(27)28/h2-9,14-15H,10-13H2,1H3. The van der Waals surface area contributed by atoms with E-state index in [0.717, 1.165) is 17.4 Å². The van der Waals surface area contributed by atoms with E-state index in [1.54, 1.807) is 7.11 Å². The van der Waals surface area contributed by atoms with Crippen LogP contribution in [0.15, 0.2) is 65.6 Å². The van der Waals surface area contributed by atoms with Gasteiger partial charge in [0, 0.05) is 43.9 Å². The normalized spacial score (nSPS) is 14.8. The molecule has 0 bridgehead atoms. The molecular formula is C21H21N5O5S. The van der Waals surface area contributed by atoms with Gasteiger partial charge in [-0.15, -0.1) is 10.2 Å². The van der Waals surface area contributed by atoms with Crippen LogP contribution in [0, 0.1) is 10.1 Å². The van der Waals surface area contributed by atoms with E-state index >= 15 is 0 Å². The Morgan fingerprint density at radius 1 is 0.969 bits per heavy atom. The maximum absolute atomic E-state index is 12.9. The van der Waals surface area contributed by atoms with Crippen molar-refractivity contribution in [2.24, 2.45) is 0 Å². The average molecular weight is 455 g/mol. The van der Waals surface area contributed by atoms with E-state index in [-0.39, 0.29) is 23.7 Å². The molecule has 2 heterocycles. The fourth-order valence-corrected chi connectivity index (χ4v) is 4.96. The molecule has 10 nitrogen and oxygen atoms in total. The zero-order valence-corrected chi connectivity index (χ0v) is 18.1. The summed E-state index contributed by atoms with van der Waals surface area (Å²) in [6.07, 6.45) is 0. The summed E-state index contributed by atoms with van der Waals surface area (Å²) in [6.45, 7) is 1.34. The number of aromatic nitrogens is 2. The highest BCUT2D eigenvalue weighted by Crippen LogP contribution is 2.25. The van der Waals surface area contributed by atoms with E-state index in [1.807, 2.05) is 41.3 Å². The Morgan fingerprint density at radius 3 is 2.38 bits per heavy atom. The molecule has 0 saturated carbocycles. The number of nitro benzene ring substituents is 1. The van der Waals surface area contributed by atoms with Crippen LogP contribution in [-0.2, 0) is 10.0 Å². The predicted molar refractivity (Wildman–Crippen MR) is 118 cm³/mol. The number of benzene rings is 2. The van der Waals surface area contributed by atoms with Crippen LogP contribution in [0.1, 0.15) is 0 Å². The molecule has 0 atom stereocenters. The Bertz CT molecular complexity index is 1230. The molecular weight excluding hydrogens is 434 g/mol. The molecule has 0 aliphatic carbocycles. The first kappa shape index (κ1) is 21.7. The topological polar surface area (TPSA) is 119 Å². The van der Waals surface area contributed by atoms with Crippen molar-refractivity contribution in [3.63, 3.8) is 0 Å². The van der Waals surface area contributed by atoms with Crippen LogP contribution in [0.4, 0.5) is 11.5 Å². The van der Waals surface area contributed by atoms with Crippen molar-refractivity contribution in [2.45, 2.75) is 4.90 Å². The number of ether oxygens (including phenoxy) is 1. The number of non-ortho nitro benzene ring substituents is 1. The number of nitro groups is 1. The largest absolute Gasteiger partial charge is 0.497 e. The van der Waals surface area contributed by atoms with Crippen LogP contribution in [0.5, 0.6) is 5.75 Å². The van der Waals surface area contributed by atoms with Crippen LogP contribution in [0.25, 0.3) is 11.3 Å². The zero-order chi connectivity index (χ0) is 22.7. The second-order valence-corrected chi connectivity index (χ2v) is 9.09. The minimum absolute atomic E-state index is 0.0809. The van der Waals surface area contributed by atoms with Gasteiger partial charge in [0.25, 0.3) is 5.69 Å². The molecule has 32 heavy (non-hydrogen) atoms. The molecule has 1 fully saturated rings. The van der Waals surface area contributed by atoms with E-state index in [9.17, 15) is 18.5 Å². The number of anilines is 1. The van der Waals surface area contributed by atoms with Crippen LogP contribution < -0.4 is 9.64 Å². The Kier molecular flexibility index (Phi) is 6.01. The summed E-state index contributed by atoms with van der Waals surface area (Å²) < 4.78 is 32.4. The number of rotatable bonds is 6. The van der Waals surface area contributed by atoms with E-state index in [2.05, 4.69) is 10.2 Å². The van der Waals surface area contributed by atoms with Crippen molar-refractivity contribution in [1.82, 2.24) is 14.5 Å². The molecule has 1 saturated heterocycles. The van der Waals surface area contributed by atoms with Gasteiger partial charge < -0.3 is 9.64 Å². The third-order valence-electron chi connectivity index (χ3n) is 5.24. The number of methoxy groups -OCH3 is 1. The van der Waals surface area contributed by atoms with Gasteiger partial charge in [-0.1, -0.05) is 18.2 Å². The Balaban J connectivity index is 1.44. The third kappa shape index (κ3) is 4.39. The monoisotopic (exact) mass is 455 g/mol. The molecule has 0 N–H and O–H groups in total. The predicted octanol–water partition coefficient (Wildman–Crippen LogP) is 2.57. The number of nitrogens with zero attached hydrogens (tertiary/aromatic N) is 5. The third-order valence-corrected chi connectivity index (χ3v) is 7.14.